The number of thiophene rings is 1. The number of aryl methyl sites for hydroxylation is 1. The summed E-state index contributed by atoms with van der Waals surface area (Å²) in [5.41, 5.74) is 1.86. The molecule has 0 fully saturated rings. The molecule has 2 aromatic heterocycles. The minimum Gasteiger partial charge on any atom is -0.348 e. The van der Waals surface area contributed by atoms with Crippen LogP contribution in [0, 0.1) is 6.92 Å². The quantitative estimate of drug-likeness (QED) is 0.530. The zero-order valence-corrected chi connectivity index (χ0v) is 18.0. The molecule has 8 heteroatoms. The molecule has 27 heavy (non-hydrogen) atoms. The Labute approximate surface area is 174 Å². The van der Waals surface area contributed by atoms with Gasteiger partial charge in [0.2, 0.25) is 11.8 Å². The second kappa shape index (κ2) is 8.77. The molecule has 3 rings (SSSR count). The Morgan fingerprint density at radius 3 is 2.59 bits per heavy atom. The Kier molecular flexibility index (Phi) is 6.41. The van der Waals surface area contributed by atoms with E-state index in [9.17, 15) is 9.59 Å². The number of thiazole rings is 1. The fourth-order valence-electron chi connectivity index (χ4n) is 2.64. The molecule has 1 unspecified atom stereocenters. The van der Waals surface area contributed by atoms with E-state index in [0.717, 1.165) is 25.5 Å². The van der Waals surface area contributed by atoms with E-state index in [0.29, 0.717) is 5.13 Å². The number of hydrogen-bond acceptors (Lipinski definition) is 5. The Hall–Kier alpha value is -2.03. The first-order valence-corrected chi connectivity index (χ1v) is 10.7. The molecule has 2 N–H and O–H groups in total. The molecular formula is C19H18BrN3O2S2. The van der Waals surface area contributed by atoms with Crippen LogP contribution in [0.4, 0.5) is 5.13 Å². The molecule has 1 aromatic carbocycles. The monoisotopic (exact) mass is 463 g/mol. The molecule has 3 aromatic rings. The number of amides is 2. The van der Waals surface area contributed by atoms with E-state index in [1.165, 1.54) is 29.6 Å². The fraction of sp³-hybridized carbons (Fsp3) is 0.211. The van der Waals surface area contributed by atoms with Crippen molar-refractivity contribution in [1.29, 1.82) is 0 Å². The smallest absolute Gasteiger partial charge is 0.228 e. The summed E-state index contributed by atoms with van der Waals surface area (Å²) in [6.45, 7) is 3.43. The highest BCUT2D eigenvalue weighted by molar-refractivity contribution is 9.10. The molecule has 2 amide bonds. The van der Waals surface area contributed by atoms with E-state index >= 15 is 0 Å². The van der Waals surface area contributed by atoms with E-state index in [1.807, 2.05) is 48.7 Å². The predicted molar refractivity (Wildman–Crippen MR) is 114 cm³/mol. The van der Waals surface area contributed by atoms with Crippen molar-refractivity contribution >= 4 is 55.5 Å². The molecule has 0 radical (unpaired) electrons. The van der Waals surface area contributed by atoms with Crippen molar-refractivity contribution in [1.82, 2.24) is 10.3 Å². The predicted octanol–water partition coefficient (Wildman–Crippen LogP) is 5.15. The summed E-state index contributed by atoms with van der Waals surface area (Å²) in [6, 6.07) is 11.4. The normalized spacial score (nSPS) is 11.8. The van der Waals surface area contributed by atoms with Gasteiger partial charge >= 0.3 is 0 Å². The van der Waals surface area contributed by atoms with E-state index < -0.39 is 0 Å². The van der Waals surface area contributed by atoms with Crippen LogP contribution in [0.3, 0.4) is 0 Å². The first-order chi connectivity index (χ1) is 12.9. The molecule has 140 valence electrons. The number of hydrogen-bond donors (Lipinski definition) is 2. The topological polar surface area (TPSA) is 71.1 Å². The fourth-order valence-corrected chi connectivity index (χ4v) is 4.53. The maximum absolute atomic E-state index is 12.5. The van der Waals surface area contributed by atoms with Crippen molar-refractivity contribution in [2.75, 3.05) is 5.32 Å². The number of rotatable bonds is 6. The molecular weight excluding hydrogens is 446 g/mol. The minimum absolute atomic E-state index is 0.159. The van der Waals surface area contributed by atoms with Crippen molar-refractivity contribution < 1.29 is 9.59 Å². The molecule has 0 aliphatic carbocycles. The number of carbonyl (C=O) groups is 2. The van der Waals surface area contributed by atoms with Gasteiger partial charge < -0.3 is 10.6 Å². The van der Waals surface area contributed by atoms with Gasteiger partial charge in [-0.1, -0.05) is 34.1 Å². The van der Waals surface area contributed by atoms with Crippen molar-refractivity contribution in [3.05, 3.63) is 56.0 Å². The second-order valence-corrected chi connectivity index (χ2v) is 9.05. The number of aromatic nitrogens is 1. The van der Waals surface area contributed by atoms with Crippen molar-refractivity contribution in [3.8, 4) is 11.3 Å². The van der Waals surface area contributed by atoms with Crippen LogP contribution in [0.25, 0.3) is 11.3 Å². The number of nitrogens with zero attached hydrogens (tertiary/aromatic N) is 1. The van der Waals surface area contributed by atoms with Gasteiger partial charge in [-0.3, -0.25) is 9.59 Å². The van der Waals surface area contributed by atoms with Crippen LogP contribution in [0.15, 0.2) is 46.3 Å². The Balaban J connectivity index is 1.71. The molecule has 0 saturated carbocycles. The zero-order chi connectivity index (χ0) is 19.4. The zero-order valence-electron chi connectivity index (χ0n) is 14.8. The molecule has 2 heterocycles. The van der Waals surface area contributed by atoms with E-state index in [-0.39, 0.29) is 24.3 Å². The molecule has 0 bridgehead atoms. The largest absolute Gasteiger partial charge is 0.348 e. The highest BCUT2D eigenvalue weighted by Gasteiger charge is 2.19. The summed E-state index contributed by atoms with van der Waals surface area (Å²) in [7, 11) is 0. The van der Waals surface area contributed by atoms with Gasteiger partial charge in [0, 0.05) is 26.7 Å². The van der Waals surface area contributed by atoms with Gasteiger partial charge in [0.1, 0.15) is 0 Å². The van der Waals surface area contributed by atoms with Gasteiger partial charge in [0.15, 0.2) is 5.13 Å². The lowest BCUT2D eigenvalue weighted by atomic mass is 10.1. The Bertz CT molecular complexity index is 937. The van der Waals surface area contributed by atoms with E-state index in [2.05, 4.69) is 31.5 Å². The van der Waals surface area contributed by atoms with Crippen molar-refractivity contribution in [2.45, 2.75) is 26.3 Å². The first kappa shape index (κ1) is 19.7. The Morgan fingerprint density at radius 1 is 1.22 bits per heavy atom. The lowest BCUT2D eigenvalue weighted by Crippen LogP contribution is -2.29. The summed E-state index contributed by atoms with van der Waals surface area (Å²) in [5.74, 6) is -0.345. The Morgan fingerprint density at radius 2 is 1.96 bits per heavy atom. The van der Waals surface area contributed by atoms with E-state index in [4.69, 9.17) is 0 Å². The molecule has 0 saturated heterocycles. The standard InChI is InChI=1S/C19H18BrN3O2S2/c1-11-18(13-5-7-14(20)8-6-13)23-19(27-11)22-17(25)10-15(21-12(2)24)16-4-3-9-26-16/h3-9,15H,10H2,1-2H3,(H,21,24)(H,22,23,25). The summed E-state index contributed by atoms with van der Waals surface area (Å²) in [4.78, 5) is 30.5. The highest BCUT2D eigenvalue weighted by atomic mass is 79.9. The summed E-state index contributed by atoms with van der Waals surface area (Å²) >= 11 is 6.38. The maximum atomic E-state index is 12.5. The van der Waals surface area contributed by atoms with E-state index in [1.54, 1.807) is 0 Å². The summed E-state index contributed by atoms with van der Waals surface area (Å²) < 4.78 is 1.00. The van der Waals surface area contributed by atoms with Crippen molar-refractivity contribution in [2.24, 2.45) is 0 Å². The number of benzene rings is 1. The third kappa shape index (κ3) is 5.24. The summed E-state index contributed by atoms with van der Waals surface area (Å²) in [5, 5.41) is 8.18. The van der Waals surface area contributed by atoms with Crippen LogP contribution in [0.1, 0.15) is 29.1 Å². The van der Waals surface area contributed by atoms with Crippen LogP contribution in [-0.2, 0) is 9.59 Å². The van der Waals surface area contributed by atoms with Crippen LogP contribution in [0.2, 0.25) is 0 Å². The van der Waals surface area contributed by atoms with Gasteiger partial charge in [-0.2, -0.15) is 0 Å². The van der Waals surface area contributed by atoms with Gasteiger partial charge in [0.25, 0.3) is 0 Å². The number of nitrogens with one attached hydrogen (secondary N) is 2. The molecule has 5 nitrogen and oxygen atoms in total. The average Bonchev–Trinajstić information content (AvgIpc) is 3.24. The number of halogens is 1. The van der Waals surface area contributed by atoms with Crippen LogP contribution in [-0.4, -0.2) is 16.8 Å². The molecule has 1 atom stereocenters. The lowest BCUT2D eigenvalue weighted by molar-refractivity contribution is -0.120. The average molecular weight is 464 g/mol. The van der Waals surface area contributed by atoms with Gasteiger partial charge in [-0.25, -0.2) is 4.98 Å². The molecule has 0 aliphatic rings. The van der Waals surface area contributed by atoms with Crippen LogP contribution in [0.5, 0.6) is 0 Å². The third-order valence-corrected chi connectivity index (χ3v) is 6.22. The van der Waals surface area contributed by atoms with Crippen LogP contribution >= 0.6 is 38.6 Å². The highest BCUT2D eigenvalue weighted by Crippen LogP contribution is 2.31. The first-order valence-electron chi connectivity index (χ1n) is 8.26. The number of carbonyl (C=O) groups excluding carboxylic acids is 2. The second-order valence-electron chi connectivity index (χ2n) is 5.95. The molecule has 0 aliphatic heterocycles. The lowest BCUT2D eigenvalue weighted by Gasteiger charge is -2.15. The van der Waals surface area contributed by atoms with Crippen molar-refractivity contribution in [3.63, 3.8) is 0 Å². The van der Waals surface area contributed by atoms with Gasteiger partial charge in [-0.05, 0) is 30.5 Å². The van der Waals surface area contributed by atoms with Gasteiger partial charge in [0.05, 0.1) is 18.2 Å². The maximum Gasteiger partial charge on any atom is 0.228 e. The third-order valence-electron chi connectivity index (χ3n) is 3.81. The van der Waals surface area contributed by atoms with Gasteiger partial charge in [-0.15, -0.1) is 22.7 Å². The number of anilines is 1. The molecule has 0 spiro atoms. The summed E-state index contributed by atoms with van der Waals surface area (Å²) in [6.07, 6.45) is 0.159. The SMILES string of the molecule is CC(=O)NC(CC(=O)Nc1nc(-c2ccc(Br)cc2)c(C)s1)c1cccs1. The minimum atomic E-state index is -0.338. The van der Waals surface area contributed by atoms with Crippen LogP contribution < -0.4 is 10.6 Å².